The van der Waals surface area contributed by atoms with Gasteiger partial charge in [-0.15, -0.1) is 0 Å². The van der Waals surface area contributed by atoms with Crippen molar-refractivity contribution in [1.82, 2.24) is 4.90 Å². The van der Waals surface area contributed by atoms with E-state index in [0.29, 0.717) is 17.3 Å². The maximum Gasteiger partial charge on any atom is 0.247 e. The largest absolute Gasteiger partial charge is 0.330 e. The number of nitrogens with one attached hydrogen (secondary N) is 1. The number of rotatable bonds is 3. The van der Waals surface area contributed by atoms with Gasteiger partial charge >= 0.3 is 0 Å². The van der Waals surface area contributed by atoms with Crippen LogP contribution >= 0.6 is 11.6 Å². The Kier molecular flexibility index (Phi) is 4.46. The van der Waals surface area contributed by atoms with E-state index in [1.807, 2.05) is 30.0 Å². The number of carbonyl (C=O) groups is 2. The van der Waals surface area contributed by atoms with Gasteiger partial charge in [0, 0.05) is 6.54 Å². The van der Waals surface area contributed by atoms with Crippen LogP contribution in [0.25, 0.3) is 0 Å². The van der Waals surface area contributed by atoms with Crippen molar-refractivity contribution < 1.29 is 9.59 Å². The molecule has 0 spiro atoms. The summed E-state index contributed by atoms with van der Waals surface area (Å²) in [5.41, 5.74) is 1.51. The molecule has 5 heteroatoms. The molecular formula is C23H29ClN2O2. The second kappa shape index (κ2) is 6.76. The molecule has 1 aromatic rings. The second-order valence-electron chi connectivity index (χ2n) is 9.83. The molecule has 1 unspecified atom stereocenters. The van der Waals surface area contributed by atoms with Gasteiger partial charge in [0.2, 0.25) is 11.8 Å². The molecule has 1 saturated heterocycles. The van der Waals surface area contributed by atoms with Crippen molar-refractivity contribution in [2.45, 2.75) is 64.3 Å². The molecule has 0 radical (unpaired) electrons. The summed E-state index contributed by atoms with van der Waals surface area (Å²) in [4.78, 5) is 28.6. The van der Waals surface area contributed by atoms with E-state index in [0.717, 1.165) is 55.4 Å². The van der Waals surface area contributed by atoms with Crippen LogP contribution in [-0.2, 0) is 9.59 Å². The Labute approximate surface area is 172 Å². The fourth-order valence-electron chi connectivity index (χ4n) is 6.90. The predicted molar refractivity (Wildman–Crippen MR) is 110 cm³/mol. The Morgan fingerprint density at radius 3 is 2.36 bits per heavy atom. The number of halogens is 1. The molecule has 5 aliphatic rings. The lowest BCUT2D eigenvalue weighted by Crippen LogP contribution is -2.56. The van der Waals surface area contributed by atoms with Gasteiger partial charge in [0.05, 0.1) is 16.1 Å². The molecule has 5 fully saturated rings. The summed E-state index contributed by atoms with van der Waals surface area (Å²) in [6, 6.07) is 5.27. The van der Waals surface area contributed by atoms with Gasteiger partial charge in [-0.2, -0.15) is 0 Å². The highest BCUT2D eigenvalue weighted by molar-refractivity contribution is 6.33. The van der Waals surface area contributed by atoms with Crippen LogP contribution in [0.3, 0.4) is 0 Å². The topological polar surface area (TPSA) is 49.4 Å². The van der Waals surface area contributed by atoms with Crippen LogP contribution in [-0.4, -0.2) is 29.3 Å². The number of aryl methyl sites for hydroxylation is 1. The summed E-state index contributed by atoms with van der Waals surface area (Å²) in [5, 5.41) is 3.52. The van der Waals surface area contributed by atoms with Gasteiger partial charge < -0.3 is 10.2 Å². The van der Waals surface area contributed by atoms with Gasteiger partial charge in [-0.05, 0) is 93.7 Å². The van der Waals surface area contributed by atoms with Gasteiger partial charge in [0.15, 0.2) is 0 Å². The lowest BCUT2D eigenvalue weighted by molar-refractivity contribution is -0.160. The van der Waals surface area contributed by atoms with E-state index in [1.54, 1.807) is 0 Å². The highest BCUT2D eigenvalue weighted by Crippen LogP contribution is 2.60. The average Bonchev–Trinajstić information content (AvgIpc) is 3.12. The van der Waals surface area contributed by atoms with Gasteiger partial charge in [0.1, 0.15) is 6.04 Å². The number of likely N-dealkylation sites (tertiary alicyclic amines) is 1. The van der Waals surface area contributed by atoms with Crippen molar-refractivity contribution in [2.75, 3.05) is 11.9 Å². The number of carbonyl (C=O) groups excluding carboxylic acids is 2. The highest BCUT2D eigenvalue weighted by Gasteiger charge is 2.56. The molecule has 1 N–H and O–H groups in total. The summed E-state index contributed by atoms with van der Waals surface area (Å²) in [6.07, 6.45) is 8.75. The molecule has 4 nitrogen and oxygen atoms in total. The van der Waals surface area contributed by atoms with Crippen molar-refractivity contribution in [2.24, 2.45) is 23.2 Å². The van der Waals surface area contributed by atoms with E-state index in [4.69, 9.17) is 11.6 Å². The molecule has 150 valence electrons. The molecule has 2 amide bonds. The Morgan fingerprint density at radius 2 is 1.75 bits per heavy atom. The normalized spacial score (nSPS) is 36.0. The van der Waals surface area contributed by atoms with Crippen molar-refractivity contribution >= 4 is 29.1 Å². The third-order valence-electron chi connectivity index (χ3n) is 7.69. The lowest BCUT2D eigenvalue weighted by Gasteiger charge is -2.56. The molecule has 4 aliphatic carbocycles. The maximum absolute atomic E-state index is 13.7. The highest BCUT2D eigenvalue weighted by atomic mass is 35.5. The zero-order valence-electron chi connectivity index (χ0n) is 16.5. The van der Waals surface area contributed by atoms with Crippen LogP contribution < -0.4 is 5.32 Å². The fourth-order valence-corrected chi connectivity index (χ4v) is 7.18. The Bertz CT molecular complexity index is 786. The van der Waals surface area contributed by atoms with Crippen LogP contribution in [0.15, 0.2) is 18.2 Å². The van der Waals surface area contributed by atoms with Crippen LogP contribution in [0.1, 0.15) is 56.9 Å². The van der Waals surface area contributed by atoms with Gasteiger partial charge in [-0.25, -0.2) is 0 Å². The molecular weight excluding hydrogens is 372 g/mol. The van der Waals surface area contributed by atoms with Crippen molar-refractivity contribution in [3.63, 3.8) is 0 Å². The van der Waals surface area contributed by atoms with E-state index >= 15 is 0 Å². The monoisotopic (exact) mass is 400 g/mol. The quantitative estimate of drug-likeness (QED) is 0.792. The molecule has 4 saturated carbocycles. The number of amides is 2. The molecule has 4 bridgehead atoms. The van der Waals surface area contributed by atoms with Crippen LogP contribution in [0, 0.1) is 30.1 Å². The minimum Gasteiger partial charge on any atom is -0.330 e. The molecule has 1 aliphatic heterocycles. The zero-order chi connectivity index (χ0) is 19.5. The van der Waals surface area contributed by atoms with Crippen LogP contribution in [0.2, 0.25) is 5.02 Å². The Hall–Kier alpha value is -1.55. The molecule has 28 heavy (non-hydrogen) atoms. The molecule has 0 aromatic heterocycles. The number of nitrogens with zero attached hydrogens (tertiary/aromatic N) is 1. The maximum atomic E-state index is 13.7. The van der Waals surface area contributed by atoms with Gasteiger partial charge in [-0.1, -0.05) is 17.7 Å². The van der Waals surface area contributed by atoms with Crippen molar-refractivity contribution in [3.8, 4) is 0 Å². The number of benzene rings is 1. The third-order valence-corrected chi connectivity index (χ3v) is 8.00. The molecule has 1 heterocycles. The molecule has 1 atom stereocenters. The first-order chi connectivity index (χ1) is 13.4. The van der Waals surface area contributed by atoms with Crippen LogP contribution in [0.4, 0.5) is 5.69 Å². The van der Waals surface area contributed by atoms with E-state index in [-0.39, 0.29) is 23.3 Å². The number of anilines is 1. The summed E-state index contributed by atoms with van der Waals surface area (Å²) in [5.74, 6) is 2.37. The van der Waals surface area contributed by atoms with E-state index in [9.17, 15) is 9.59 Å². The fraction of sp³-hybridized carbons (Fsp3) is 0.652. The minimum atomic E-state index is -0.363. The minimum absolute atomic E-state index is 0.0960. The Morgan fingerprint density at radius 1 is 1.11 bits per heavy atom. The van der Waals surface area contributed by atoms with E-state index in [1.165, 1.54) is 19.3 Å². The number of hydrogen-bond donors (Lipinski definition) is 1. The van der Waals surface area contributed by atoms with E-state index < -0.39 is 0 Å². The zero-order valence-corrected chi connectivity index (χ0v) is 17.3. The van der Waals surface area contributed by atoms with Gasteiger partial charge in [-0.3, -0.25) is 9.59 Å². The summed E-state index contributed by atoms with van der Waals surface area (Å²) in [7, 11) is 0. The predicted octanol–water partition coefficient (Wildman–Crippen LogP) is 4.79. The molecule has 6 rings (SSSR count). The summed E-state index contributed by atoms with van der Waals surface area (Å²) >= 11 is 6.29. The standard InChI is InChI=1S/C23H29ClN2O2/c1-14-4-5-19(18(24)7-14)25-21(27)20-3-2-6-26(20)22(28)23-11-15-8-16(12-23)10-17(9-15)13-23/h4-5,7,15-17,20H,2-3,6,8-13H2,1H3,(H,25,27). The van der Waals surface area contributed by atoms with E-state index in [2.05, 4.69) is 5.32 Å². The first-order valence-electron chi connectivity index (χ1n) is 10.8. The van der Waals surface area contributed by atoms with Crippen molar-refractivity contribution in [1.29, 1.82) is 0 Å². The first kappa shape index (κ1) is 18.5. The third kappa shape index (κ3) is 3.04. The van der Waals surface area contributed by atoms with Crippen LogP contribution in [0.5, 0.6) is 0 Å². The van der Waals surface area contributed by atoms with Crippen molar-refractivity contribution in [3.05, 3.63) is 28.8 Å². The number of hydrogen-bond acceptors (Lipinski definition) is 2. The average molecular weight is 401 g/mol. The summed E-state index contributed by atoms with van der Waals surface area (Å²) < 4.78 is 0. The smallest absolute Gasteiger partial charge is 0.247 e. The second-order valence-corrected chi connectivity index (χ2v) is 10.2. The summed E-state index contributed by atoms with van der Waals surface area (Å²) in [6.45, 7) is 2.68. The lowest BCUT2D eigenvalue weighted by atomic mass is 9.49. The Balaban J connectivity index is 1.34. The molecule has 1 aromatic carbocycles. The van der Waals surface area contributed by atoms with Gasteiger partial charge in [0.25, 0.3) is 0 Å². The first-order valence-corrected chi connectivity index (χ1v) is 11.2. The SMILES string of the molecule is Cc1ccc(NC(=O)C2CCCN2C(=O)C23CC4CC(CC(C4)C2)C3)c(Cl)c1.